The van der Waals surface area contributed by atoms with Gasteiger partial charge in [-0.05, 0) is 13.8 Å². The zero-order valence-corrected chi connectivity index (χ0v) is 8.09. The summed E-state index contributed by atoms with van der Waals surface area (Å²) in [6.07, 6.45) is 0.293. The van der Waals surface area contributed by atoms with Gasteiger partial charge in [0.05, 0.1) is 25.2 Å². The third kappa shape index (κ3) is 2.83. The minimum atomic E-state index is -0.172. The van der Waals surface area contributed by atoms with E-state index in [-0.39, 0.29) is 17.9 Å². The Morgan fingerprint density at radius 2 is 2.46 bits per heavy atom. The minimum absolute atomic E-state index is 0.0279. The van der Waals surface area contributed by atoms with Gasteiger partial charge in [0.25, 0.3) is 0 Å². The molecule has 0 aromatic carbocycles. The smallest absolute Gasteiger partial charge is 0.164 e. The summed E-state index contributed by atoms with van der Waals surface area (Å²) in [4.78, 5) is 11.5. The molecule has 0 radical (unpaired) electrons. The number of ketones is 1. The second-order valence-electron chi connectivity index (χ2n) is 3.08. The van der Waals surface area contributed by atoms with Crippen LogP contribution in [0.5, 0.6) is 0 Å². The molecular weight excluding hydrogens is 166 g/mol. The summed E-state index contributed by atoms with van der Waals surface area (Å²) in [5, 5.41) is 3.14. The largest absolute Gasteiger partial charge is 0.375 e. The summed E-state index contributed by atoms with van der Waals surface area (Å²) in [5.41, 5.74) is 0. The lowest BCUT2D eigenvalue weighted by atomic mass is 10.0. The molecule has 1 saturated heterocycles. The van der Waals surface area contributed by atoms with Gasteiger partial charge in [-0.1, -0.05) is 5.92 Å². The Hall–Kier alpha value is -0.850. The van der Waals surface area contributed by atoms with Crippen molar-refractivity contribution in [3.63, 3.8) is 0 Å². The minimum Gasteiger partial charge on any atom is -0.375 e. The molecule has 0 amide bonds. The first-order valence-corrected chi connectivity index (χ1v) is 4.53. The van der Waals surface area contributed by atoms with Crippen LogP contribution in [0.2, 0.25) is 0 Å². The molecule has 1 fully saturated rings. The highest BCUT2D eigenvalue weighted by Gasteiger charge is 2.26. The van der Waals surface area contributed by atoms with Crippen LogP contribution in [0.1, 0.15) is 20.3 Å². The predicted molar refractivity (Wildman–Crippen MR) is 50.3 cm³/mol. The van der Waals surface area contributed by atoms with E-state index in [0.29, 0.717) is 13.0 Å². The molecule has 0 aromatic heterocycles. The van der Waals surface area contributed by atoms with Crippen molar-refractivity contribution in [1.82, 2.24) is 5.32 Å². The van der Waals surface area contributed by atoms with Crippen molar-refractivity contribution in [3.05, 3.63) is 0 Å². The average molecular weight is 181 g/mol. The number of hydrogen-bond donors (Lipinski definition) is 1. The second kappa shape index (κ2) is 5.00. The topological polar surface area (TPSA) is 38.3 Å². The Kier molecular flexibility index (Phi) is 3.94. The van der Waals surface area contributed by atoms with Gasteiger partial charge in [-0.25, -0.2) is 0 Å². The normalized spacial score (nSPS) is 27.5. The molecule has 0 bridgehead atoms. The Balaban J connectivity index is 2.47. The van der Waals surface area contributed by atoms with Crippen LogP contribution >= 0.6 is 0 Å². The second-order valence-corrected chi connectivity index (χ2v) is 3.08. The summed E-state index contributed by atoms with van der Waals surface area (Å²) in [6.45, 7) is 5.08. The van der Waals surface area contributed by atoms with E-state index in [1.54, 1.807) is 6.92 Å². The molecule has 1 rings (SSSR count). The van der Waals surface area contributed by atoms with Crippen LogP contribution in [0.4, 0.5) is 0 Å². The lowest BCUT2D eigenvalue weighted by molar-refractivity contribution is -0.125. The molecule has 0 saturated carbocycles. The number of nitrogens with one attached hydrogen (secondary N) is 1. The number of hydrogen-bond acceptors (Lipinski definition) is 3. The van der Waals surface area contributed by atoms with Crippen molar-refractivity contribution < 1.29 is 9.53 Å². The highest BCUT2D eigenvalue weighted by Crippen LogP contribution is 2.06. The number of carbonyl (C=O) groups excluding carboxylic acids is 1. The van der Waals surface area contributed by atoms with Gasteiger partial charge in [-0.2, -0.15) is 0 Å². The van der Waals surface area contributed by atoms with Crippen molar-refractivity contribution >= 4 is 5.78 Å². The van der Waals surface area contributed by atoms with E-state index in [9.17, 15) is 4.79 Å². The molecule has 1 N–H and O–H groups in total. The zero-order chi connectivity index (χ0) is 9.68. The van der Waals surface area contributed by atoms with Crippen LogP contribution in [0, 0.1) is 11.8 Å². The lowest BCUT2D eigenvalue weighted by Crippen LogP contribution is -2.51. The van der Waals surface area contributed by atoms with Gasteiger partial charge < -0.3 is 10.1 Å². The summed E-state index contributed by atoms with van der Waals surface area (Å²) in [6, 6.07) is -0.172. The van der Waals surface area contributed by atoms with Gasteiger partial charge in [-0.15, -0.1) is 5.92 Å². The van der Waals surface area contributed by atoms with Gasteiger partial charge >= 0.3 is 0 Å². The fourth-order valence-electron chi connectivity index (χ4n) is 1.38. The van der Waals surface area contributed by atoms with Crippen molar-refractivity contribution in [1.29, 1.82) is 0 Å². The monoisotopic (exact) mass is 181 g/mol. The maximum absolute atomic E-state index is 11.5. The van der Waals surface area contributed by atoms with Crippen molar-refractivity contribution in [3.8, 4) is 11.8 Å². The van der Waals surface area contributed by atoms with E-state index in [1.807, 2.05) is 6.92 Å². The first-order valence-electron chi connectivity index (χ1n) is 4.53. The van der Waals surface area contributed by atoms with Crippen LogP contribution in [0.15, 0.2) is 0 Å². The molecule has 3 nitrogen and oxygen atoms in total. The van der Waals surface area contributed by atoms with Crippen molar-refractivity contribution in [2.45, 2.75) is 32.4 Å². The quantitative estimate of drug-likeness (QED) is 0.624. The first kappa shape index (κ1) is 10.2. The van der Waals surface area contributed by atoms with E-state index < -0.39 is 0 Å². The Bertz CT molecular complexity index is 239. The first-order chi connectivity index (χ1) is 6.25. The molecule has 0 aromatic rings. The summed E-state index contributed by atoms with van der Waals surface area (Å²) in [7, 11) is 0. The van der Waals surface area contributed by atoms with E-state index in [2.05, 4.69) is 17.2 Å². The summed E-state index contributed by atoms with van der Waals surface area (Å²) < 4.78 is 5.36. The van der Waals surface area contributed by atoms with Crippen LogP contribution in [-0.2, 0) is 9.53 Å². The van der Waals surface area contributed by atoms with Crippen LogP contribution in [0.25, 0.3) is 0 Å². The van der Waals surface area contributed by atoms with Gasteiger partial charge in [0.15, 0.2) is 5.78 Å². The fourth-order valence-corrected chi connectivity index (χ4v) is 1.38. The number of morpholine rings is 1. The summed E-state index contributed by atoms with van der Waals surface area (Å²) in [5.74, 6) is 5.61. The standard InChI is InChI=1S/C10H15NO2/c1-3-4-5-9(12)10-8(2)13-7-6-11-10/h8,10-11H,5-7H2,1-2H3. The van der Waals surface area contributed by atoms with Crippen LogP contribution in [-0.4, -0.2) is 31.1 Å². The predicted octanol–water partition coefficient (Wildman–Crippen LogP) is 0.346. The molecule has 0 spiro atoms. The van der Waals surface area contributed by atoms with Crippen LogP contribution in [0.3, 0.4) is 0 Å². The van der Waals surface area contributed by atoms with E-state index in [4.69, 9.17) is 4.74 Å². The third-order valence-electron chi connectivity index (χ3n) is 2.10. The van der Waals surface area contributed by atoms with Gasteiger partial charge in [-0.3, -0.25) is 4.79 Å². The maximum atomic E-state index is 11.5. The molecule has 13 heavy (non-hydrogen) atoms. The highest BCUT2D eigenvalue weighted by atomic mass is 16.5. The molecule has 2 atom stereocenters. The highest BCUT2D eigenvalue weighted by molar-refractivity contribution is 5.86. The molecule has 1 aliphatic heterocycles. The number of Topliss-reactive ketones (excluding diaryl/α,β-unsaturated/α-hetero) is 1. The molecule has 3 heteroatoms. The van der Waals surface area contributed by atoms with Gasteiger partial charge in [0.1, 0.15) is 0 Å². The van der Waals surface area contributed by atoms with Gasteiger partial charge in [0, 0.05) is 6.54 Å². The van der Waals surface area contributed by atoms with Crippen LogP contribution < -0.4 is 5.32 Å². The average Bonchev–Trinajstić information content (AvgIpc) is 2.15. The molecule has 1 heterocycles. The van der Waals surface area contributed by atoms with E-state index in [0.717, 1.165) is 6.54 Å². The Labute approximate surface area is 78.8 Å². The molecule has 72 valence electrons. The van der Waals surface area contributed by atoms with Crippen molar-refractivity contribution in [2.75, 3.05) is 13.2 Å². The Morgan fingerprint density at radius 1 is 1.69 bits per heavy atom. The zero-order valence-electron chi connectivity index (χ0n) is 8.09. The lowest BCUT2D eigenvalue weighted by Gasteiger charge is -2.28. The molecule has 0 aliphatic carbocycles. The Morgan fingerprint density at radius 3 is 3.08 bits per heavy atom. The third-order valence-corrected chi connectivity index (χ3v) is 2.10. The molecule has 1 aliphatic rings. The fraction of sp³-hybridized carbons (Fsp3) is 0.700. The maximum Gasteiger partial charge on any atom is 0.164 e. The molecule has 2 unspecified atom stereocenters. The SMILES string of the molecule is CC#CCC(=O)C1NCCOC1C. The van der Waals surface area contributed by atoms with E-state index >= 15 is 0 Å². The number of ether oxygens (including phenoxy) is 1. The number of carbonyl (C=O) groups is 1. The van der Waals surface area contributed by atoms with Gasteiger partial charge in [0.2, 0.25) is 0 Å². The molecular formula is C10H15NO2. The number of rotatable bonds is 2. The summed E-state index contributed by atoms with van der Waals surface area (Å²) >= 11 is 0. The van der Waals surface area contributed by atoms with E-state index in [1.165, 1.54) is 0 Å². The van der Waals surface area contributed by atoms with Crippen molar-refractivity contribution in [2.24, 2.45) is 0 Å².